The second-order valence-corrected chi connectivity index (χ2v) is 6.36. The summed E-state index contributed by atoms with van der Waals surface area (Å²) in [5.41, 5.74) is 0.253. The van der Waals surface area contributed by atoms with Gasteiger partial charge in [0.1, 0.15) is 11.5 Å². The average molecular weight is 340 g/mol. The highest BCUT2D eigenvalue weighted by Gasteiger charge is 2.39. The smallest absolute Gasteiger partial charge is 0.233 e. The number of nitrogens with one attached hydrogen (secondary N) is 2. The van der Waals surface area contributed by atoms with Crippen LogP contribution in [0.3, 0.4) is 0 Å². The summed E-state index contributed by atoms with van der Waals surface area (Å²) in [6.45, 7) is 2.09. The molecule has 0 radical (unpaired) electrons. The molecule has 1 heterocycles. The number of hydrogen-bond acceptors (Lipinski definition) is 4. The third-order valence-corrected chi connectivity index (χ3v) is 4.53. The molecule has 0 atom stereocenters. The summed E-state index contributed by atoms with van der Waals surface area (Å²) in [4.78, 5) is 12.9. The van der Waals surface area contributed by atoms with E-state index in [0.717, 1.165) is 37.4 Å². The van der Waals surface area contributed by atoms with Crippen LogP contribution in [0.2, 0.25) is 0 Å². The molecule has 2 N–H and O–H groups in total. The van der Waals surface area contributed by atoms with Gasteiger partial charge in [-0.05, 0) is 50.2 Å². The van der Waals surface area contributed by atoms with Gasteiger partial charge in [0.25, 0.3) is 0 Å². The van der Waals surface area contributed by atoms with Crippen LogP contribution in [0.15, 0.2) is 54.6 Å². The van der Waals surface area contributed by atoms with Crippen LogP contribution in [-0.4, -0.2) is 32.7 Å². The molecule has 1 amide bonds. The third-order valence-electron chi connectivity index (χ3n) is 4.53. The number of para-hydroxylation sites is 1. The maximum Gasteiger partial charge on any atom is 0.233 e. The molecule has 0 unspecified atom stereocenters. The van der Waals surface area contributed by atoms with Crippen LogP contribution < -0.4 is 15.4 Å². The van der Waals surface area contributed by atoms with Crippen molar-refractivity contribution < 1.29 is 14.3 Å². The highest BCUT2D eigenvalue weighted by Crippen LogP contribution is 2.31. The zero-order chi connectivity index (χ0) is 17.5. The van der Waals surface area contributed by atoms with E-state index in [-0.39, 0.29) is 5.91 Å². The molecule has 0 bridgehead atoms. The maximum atomic E-state index is 12.9. The number of benzene rings is 2. The van der Waals surface area contributed by atoms with Crippen molar-refractivity contribution in [2.75, 3.05) is 32.1 Å². The highest BCUT2D eigenvalue weighted by atomic mass is 16.5. The lowest BCUT2D eigenvalue weighted by atomic mass is 9.78. The second kappa shape index (κ2) is 8.14. The number of hydrogen-bond donors (Lipinski definition) is 2. The van der Waals surface area contributed by atoms with E-state index >= 15 is 0 Å². The molecule has 25 heavy (non-hydrogen) atoms. The molecule has 132 valence electrons. The SMILES string of the molecule is COCC1(C(=O)Nc2cccc(Oc3ccccc3)c2)CCNCC1. The summed E-state index contributed by atoms with van der Waals surface area (Å²) in [6, 6.07) is 17.0. The van der Waals surface area contributed by atoms with Gasteiger partial charge in [0.2, 0.25) is 5.91 Å². The number of carbonyl (C=O) groups is 1. The van der Waals surface area contributed by atoms with Crippen LogP contribution in [0.25, 0.3) is 0 Å². The minimum absolute atomic E-state index is 0.00714. The molecule has 1 aliphatic rings. The molecule has 1 saturated heterocycles. The van der Waals surface area contributed by atoms with Crippen molar-refractivity contribution >= 4 is 11.6 Å². The summed E-state index contributed by atoms with van der Waals surface area (Å²) in [7, 11) is 1.64. The molecule has 0 saturated carbocycles. The molecular weight excluding hydrogens is 316 g/mol. The Kier molecular flexibility index (Phi) is 5.68. The van der Waals surface area contributed by atoms with Crippen LogP contribution in [0.4, 0.5) is 5.69 Å². The monoisotopic (exact) mass is 340 g/mol. The van der Waals surface area contributed by atoms with E-state index in [9.17, 15) is 4.79 Å². The van der Waals surface area contributed by atoms with Crippen LogP contribution in [0, 0.1) is 5.41 Å². The molecule has 2 aromatic rings. The molecule has 1 aliphatic heterocycles. The zero-order valence-corrected chi connectivity index (χ0v) is 14.5. The molecule has 5 heteroatoms. The van der Waals surface area contributed by atoms with E-state index in [4.69, 9.17) is 9.47 Å². The number of ether oxygens (including phenoxy) is 2. The van der Waals surface area contributed by atoms with Gasteiger partial charge in [-0.15, -0.1) is 0 Å². The van der Waals surface area contributed by atoms with Crippen molar-refractivity contribution in [1.29, 1.82) is 0 Å². The van der Waals surface area contributed by atoms with Crippen molar-refractivity contribution in [3.63, 3.8) is 0 Å². The van der Waals surface area contributed by atoms with Gasteiger partial charge in [-0.25, -0.2) is 0 Å². The first kappa shape index (κ1) is 17.5. The predicted molar refractivity (Wildman–Crippen MR) is 98.0 cm³/mol. The molecule has 3 rings (SSSR count). The van der Waals surface area contributed by atoms with Crippen molar-refractivity contribution in [2.45, 2.75) is 12.8 Å². The Labute approximate surface area is 148 Å². The van der Waals surface area contributed by atoms with Crippen molar-refractivity contribution in [3.05, 3.63) is 54.6 Å². The van der Waals surface area contributed by atoms with E-state index < -0.39 is 5.41 Å². The normalized spacial score (nSPS) is 16.2. The Morgan fingerprint density at radius 2 is 1.80 bits per heavy atom. The van der Waals surface area contributed by atoms with E-state index in [1.165, 1.54) is 0 Å². The first-order chi connectivity index (χ1) is 12.2. The Morgan fingerprint density at radius 1 is 1.08 bits per heavy atom. The third kappa shape index (κ3) is 4.38. The molecule has 2 aromatic carbocycles. The van der Waals surface area contributed by atoms with Gasteiger partial charge >= 0.3 is 0 Å². The lowest BCUT2D eigenvalue weighted by Crippen LogP contribution is -2.47. The van der Waals surface area contributed by atoms with Gasteiger partial charge in [-0.1, -0.05) is 24.3 Å². The van der Waals surface area contributed by atoms with Gasteiger partial charge < -0.3 is 20.1 Å². The molecule has 0 aliphatic carbocycles. The first-order valence-electron chi connectivity index (χ1n) is 8.56. The van der Waals surface area contributed by atoms with Gasteiger partial charge in [0, 0.05) is 18.9 Å². The van der Waals surface area contributed by atoms with Gasteiger partial charge in [0.15, 0.2) is 0 Å². The van der Waals surface area contributed by atoms with E-state index in [2.05, 4.69) is 10.6 Å². The fourth-order valence-corrected chi connectivity index (χ4v) is 3.14. The minimum Gasteiger partial charge on any atom is -0.457 e. The number of piperidine rings is 1. The van der Waals surface area contributed by atoms with Crippen LogP contribution in [-0.2, 0) is 9.53 Å². The maximum absolute atomic E-state index is 12.9. The van der Waals surface area contributed by atoms with E-state index in [1.807, 2.05) is 54.6 Å². The average Bonchev–Trinajstić information content (AvgIpc) is 2.64. The van der Waals surface area contributed by atoms with Crippen LogP contribution in [0.5, 0.6) is 11.5 Å². The van der Waals surface area contributed by atoms with Crippen molar-refractivity contribution in [1.82, 2.24) is 5.32 Å². The summed E-state index contributed by atoms with van der Waals surface area (Å²) in [5, 5.41) is 6.33. The summed E-state index contributed by atoms with van der Waals surface area (Å²) < 4.78 is 11.2. The number of methoxy groups -OCH3 is 1. The van der Waals surface area contributed by atoms with Gasteiger partial charge in [-0.2, -0.15) is 0 Å². The first-order valence-corrected chi connectivity index (χ1v) is 8.56. The molecule has 1 fully saturated rings. The molecule has 5 nitrogen and oxygen atoms in total. The van der Waals surface area contributed by atoms with Crippen molar-refractivity contribution in [3.8, 4) is 11.5 Å². The Morgan fingerprint density at radius 3 is 2.52 bits per heavy atom. The number of anilines is 1. The highest BCUT2D eigenvalue weighted by molar-refractivity contribution is 5.95. The van der Waals surface area contributed by atoms with Crippen LogP contribution >= 0.6 is 0 Å². The molecule has 0 spiro atoms. The lowest BCUT2D eigenvalue weighted by molar-refractivity contribution is -0.130. The van der Waals surface area contributed by atoms with Crippen LogP contribution in [0.1, 0.15) is 12.8 Å². The minimum atomic E-state index is -0.476. The number of rotatable bonds is 6. The Bertz CT molecular complexity index is 692. The Balaban J connectivity index is 1.71. The predicted octanol–water partition coefficient (Wildman–Crippen LogP) is 3.43. The second-order valence-electron chi connectivity index (χ2n) is 6.36. The van der Waals surface area contributed by atoms with E-state index in [1.54, 1.807) is 7.11 Å². The van der Waals surface area contributed by atoms with Gasteiger partial charge in [0.05, 0.1) is 12.0 Å². The molecular formula is C20H24N2O3. The number of amides is 1. The fraction of sp³-hybridized carbons (Fsp3) is 0.350. The fourth-order valence-electron chi connectivity index (χ4n) is 3.14. The largest absolute Gasteiger partial charge is 0.457 e. The van der Waals surface area contributed by atoms with Gasteiger partial charge in [-0.3, -0.25) is 4.79 Å². The zero-order valence-electron chi connectivity index (χ0n) is 14.5. The Hall–Kier alpha value is -2.37. The number of carbonyl (C=O) groups excluding carboxylic acids is 1. The van der Waals surface area contributed by atoms with Crippen molar-refractivity contribution in [2.24, 2.45) is 5.41 Å². The topological polar surface area (TPSA) is 59.6 Å². The standard InChI is InChI=1S/C20H24N2O3/c1-24-15-20(10-12-21-13-11-20)19(23)22-16-6-5-9-18(14-16)25-17-7-3-2-4-8-17/h2-9,14,21H,10-13,15H2,1H3,(H,22,23). The van der Waals surface area contributed by atoms with E-state index in [0.29, 0.717) is 12.4 Å². The summed E-state index contributed by atoms with van der Waals surface area (Å²) in [5.74, 6) is 1.46. The molecule has 0 aromatic heterocycles. The summed E-state index contributed by atoms with van der Waals surface area (Å²) in [6.07, 6.45) is 1.54. The quantitative estimate of drug-likeness (QED) is 0.846. The lowest BCUT2D eigenvalue weighted by Gasteiger charge is -2.35. The summed E-state index contributed by atoms with van der Waals surface area (Å²) >= 11 is 0.